The Bertz CT molecular complexity index is 578. The van der Waals surface area contributed by atoms with E-state index in [1.54, 1.807) is 17.4 Å². The maximum Gasteiger partial charge on any atom is 0.148 e. The van der Waals surface area contributed by atoms with Crippen molar-refractivity contribution < 1.29 is 4.39 Å². The number of aryl methyl sites for hydroxylation is 1. The van der Waals surface area contributed by atoms with Crippen LogP contribution in [0.1, 0.15) is 23.6 Å². The van der Waals surface area contributed by atoms with Crippen LogP contribution in [0.5, 0.6) is 0 Å². The fraction of sp³-hybridized carbons (Fsp3) is 0.375. The molecule has 0 aliphatic heterocycles. The van der Waals surface area contributed by atoms with Gasteiger partial charge in [0.2, 0.25) is 0 Å². The molecule has 108 valence electrons. The zero-order valence-electron chi connectivity index (χ0n) is 12.4. The Balaban J connectivity index is 2.05. The Hall–Kier alpha value is -1.55. The van der Waals surface area contributed by atoms with Gasteiger partial charge in [-0.2, -0.15) is 0 Å². The summed E-state index contributed by atoms with van der Waals surface area (Å²) in [5.74, 6) is -0.187. The van der Waals surface area contributed by atoms with E-state index in [1.165, 1.54) is 9.75 Å². The minimum absolute atomic E-state index is 0.187. The van der Waals surface area contributed by atoms with Crippen molar-refractivity contribution in [3.8, 4) is 0 Å². The summed E-state index contributed by atoms with van der Waals surface area (Å²) in [6.07, 6.45) is 0. The van der Waals surface area contributed by atoms with Gasteiger partial charge in [-0.25, -0.2) is 4.39 Å². The van der Waals surface area contributed by atoms with Crippen molar-refractivity contribution in [2.24, 2.45) is 0 Å². The Morgan fingerprint density at radius 1 is 1.25 bits per heavy atom. The molecule has 1 aromatic heterocycles. The molecular formula is C16H21FN2S. The second-order valence-electron chi connectivity index (χ2n) is 5.24. The van der Waals surface area contributed by atoms with E-state index in [0.29, 0.717) is 5.69 Å². The molecule has 0 radical (unpaired) electrons. The molecule has 0 atom stereocenters. The Morgan fingerprint density at radius 2 is 2.00 bits per heavy atom. The highest BCUT2D eigenvalue weighted by atomic mass is 32.1. The lowest BCUT2D eigenvalue weighted by atomic mass is 10.2. The third-order valence-electron chi connectivity index (χ3n) is 3.37. The molecule has 2 aromatic rings. The van der Waals surface area contributed by atoms with Crippen LogP contribution >= 0.6 is 11.3 Å². The molecule has 0 unspecified atom stereocenters. The molecule has 0 spiro atoms. The lowest BCUT2D eigenvalue weighted by Crippen LogP contribution is -2.26. The van der Waals surface area contributed by atoms with E-state index >= 15 is 0 Å². The van der Waals surface area contributed by atoms with Crippen molar-refractivity contribution in [1.82, 2.24) is 0 Å². The predicted octanol–water partition coefficient (Wildman–Crippen LogP) is 4.65. The van der Waals surface area contributed by atoms with E-state index in [0.717, 1.165) is 12.2 Å². The predicted molar refractivity (Wildman–Crippen MR) is 86.3 cm³/mol. The molecular weight excluding hydrogens is 271 g/mol. The van der Waals surface area contributed by atoms with Crippen LogP contribution in [-0.4, -0.2) is 13.1 Å². The first-order chi connectivity index (χ1) is 9.47. The normalized spacial score (nSPS) is 10.9. The third kappa shape index (κ3) is 3.51. The second kappa shape index (κ2) is 6.27. The molecule has 0 bridgehead atoms. The second-order valence-corrected chi connectivity index (χ2v) is 6.61. The average Bonchev–Trinajstić information content (AvgIpc) is 2.81. The van der Waals surface area contributed by atoms with Crippen molar-refractivity contribution in [2.75, 3.05) is 17.3 Å². The highest BCUT2D eigenvalue weighted by Gasteiger charge is 2.10. The maximum atomic E-state index is 14.1. The van der Waals surface area contributed by atoms with Crippen LogP contribution < -0.4 is 10.2 Å². The summed E-state index contributed by atoms with van der Waals surface area (Å²) < 4.78 is 14.1. The van der Waals surface area contributed by atoms with E-state index in [1.807, 2.05) is 37.9 Å². The zero-order chi connectivity index (χ0) is 14.7. The number of hydrogen-bond donors (Lipinski definition) is 1. The molecule has 2 nitrogen and oxygen atoms in total. The van der Waals surface area contributed by atoms with Crippen LogP contribution in [0.25, 0.3) is 0 Å². The van der Waals surface area contributed by atoms with Crippen LogP contribution in [0.15, 0.2) is 30.3 Å². The quantitative estimate of drug-likeness (QED) is 0.862. The fourth-order valence-corrected chi connectivity index (χ4v) is 2.78. The first kappa shape index (κ1) is 14.9. The Kier molecular flexibility index (Phi) is 4.65. The van der Waals surface area contributed by atoms with E-state index < -0.39 is 0 Å². The van der Waals surface area contributed by atoms with Crippen LogP contribution in [0.4, 0.5) is 15.8 Å². The van der Waals surface area contributed by atoms with E-state index in [4.69, 9.17) is 0 Å². The van der Waals surface area contributed by atoms with Gasteiger partial charge in [-0.3, -0.25) is 0 Å². The number of thiophene rings is 1. The van der Waals surface area contributed by atoms with Crippen molar-refractivity contribution >= 4 is 22.7 Å². The fourth-order valence-electron chi connectivity index (χ4n) is 1.95. The summed E-state index contributed by atoms with van der Waals surface area (Å²) in [4.78, 5) is 4.48. The number of benzene rings is 1. The third-order valence-corrected chi connectivity index (χ3v) is 4.37. The molecule has 0 aliphatic rings. The largest absolute Gasteiger partial charge is 0.380 e. The summed E-state index contributed by atoms with van der Waals surface area (Å²) in [6.45, 7) is 6.91. The smallest absolute Gasteiger partial charge is 0.148 e. The lowest BCUT2D eigenvalue weighted by molar-refractivity contribution is 0.614. The van der Waals surface area contributed by atoms with Crippen LogP contribution in [0, 0.1) is 12.7 Å². The van der Waals surface area contributed by atoms with Gasteiger partial charge >= 0.3 is 0 Å². The molecule has 20 heavy (non-hydrogen) atoms. The number of halogens is 1. The summed E-state index contributed by atoms with van der Waals surface area (Å²) in [6, 6.07) is 9.80. The van der Waals surface area contributed by atoms with Gasteiger partial charge in [-0.05, 0) is 51.1 Å². The van der Waals surface area contributed by atoms with Gasteiger partial charge in [-0.15, -0.1) is 11.3 Å². The van der Waals surface area contributed by atoms with Gasteiger partial charge < -0.3 is 10.2 Å². The van der Waals surface area contributed by atoms with Gasteiger partial charge in [0.25, 0.3) is 0 Å². The Labute approximate surface area is 124 Å². The zero-order valence-corrected chi connectivity index (χ0v) is 13.2. The van der Waals surface area contributed by atoms with Crippen molar-refractivity contribution in [2.45, 2.75) is 33.4 Å². The summed E-state index contributed by atoms with van der Waals surface area (Å²) in [5, 5.41) is 3.26. The first-order valence-electron chi connectivity index (χ1n) is 6.79. The van der Waals surface area contributed by atoms with Crippen LogP contribution in [0.2, 0.25) is 0 Å². The molecule has 0 aliphatic carbocycles. The molecule has 0 fully saturated rings. The minimum Gasteiger partial charge on any atom is -0.380 e. The van der Waals surface area contributed by atoms with Gasteiger partial charge in [0.15, 0.2) is 0 Å². The van der Waals surface area contributed by atoms with Crippen molar-refractivity contribution in [1.29, 1.82) is 0 Å². The average molecular weight is 292 g/mol. The topological polar surface area (TPSA) is 15.3 Å². The number of anilines is 2. The Morgan fingerprint density at radius 3 is 2.55 bits per heavy atom. The van der Waals surface area contributed by atoms with Gasteiger partial charge in [-0.1, -0.05) is 0 Å². The number of nitrogens with one attached hydrogen (secondary N) is 1. The summed E-state index contributed by atoms with van der Waals surface area (Å²) in [7, 11) is 1.91. The van der Waals surface area contributed by atoms with Crippen molar-refractivity contribution in [3.63, 3.8) is 0 Å². The standard InChI is InChI=1S/C16H21FN2S/c1-11(2)19(4)16-8-6-13(9-15(16)17)18-10-14-7-5-12(3)20-14/h5-9,11,18H,10H2,1-4H3. The molecule has 1 N–H and O–H groups in total. The van der Waals surface area contributed by atoms with Crippen LogP contribution in [-0.2, 0) is 6.54 Å². The van der Waals surface area contributed by atoms with Gasteiger partial charge in [0.1, 0.15) is 5.82 Å². The summed E-state index contributed by atoms with van der Waals surface area (Å²) in [5.41, 5.74) is 1.45. The SMILES string of the molecule is Cc1ccc(CNc2ccc(N(C)C(C)C)c(F)c2)s1. The van der Waals surface area contributed by atoms with Gasteiger partial charge in [0, 0.05) is 35.1 Å². The number of hydrogen-bond acceptors (Lipinski definition) is 3. The van der Waals surface area contributed by atoms with E-state index in [9.17, 15) is 4.39 Å². The molecule has 1 heterocycles. The van der Waals surface area contributed by atoms with E-state index in [-0.39, 0.29) is 11.9 Å². The van der Waals surface area contributed by atoms with Gasteiger partial charge in [0.05, 0.1) is 5.69 Å². The molecule has 4 heteroatoms. The molecule has 0 saturated carbocycles. The maximum absolute atomic E-state index is 14.1. The molecule has 2 rings (SSSR count). The molecule has 0 amide bonds. The molecule has 0 saturated heterocycles. The minimum atomic E-state index is -0.187. The summed E-state index contributed by atoms with van der Waals surface area (Å²) >= 11 is 1.76. The van der Waals surface area contributed by atoms with Crippen molar-refractivity contribution in [3.05, 3.63) is 45.9 Å². The van der Waals surface area contributed by atoms with Crippen LogP contribution in [0.3, 0.4) is 0 Å². The monoisotopic (exact) mass is 292 g/mol. The first-order valence-corrected chi connectivity index (χ1v) is 7.60. The lowest BCUT2D eigenvalue weighted by Gasteiger charge is -2.24. The number of rotatable bonds is 5. The van der Waals surface area contributed by atoms with E-state index in [2.05, 4.69) is 24.4 Å². The number of nitrogens with zero attached hydrogens (tertiary/aromatic N) is 1. The highest BCUT2D eigenvalue weighted by Crippen LogP contribution is 2.24. The molecule has 1 aromatic carbocycles. The highest BCUT2D eigenvalue weighted by molar-refractivity contribution is 7.11.